The van der Waals surface area contributed by atoms with Crippen LogP contribution in [0.5, 0.6) is 5.75 Å². The Morgan fingerprint density at radius 1 is 1.00 bits per heavy atom. The highest BCUT2D eigenvalue weighted by atomic mass is 32.2. The number of carbonyl (C=O) groups is 2. The number of nitrogen functional groups attached to an aromatic ring is 1. The number of nitrogens with zero attached hydrogens (tertiary/aromatic N) is 2. The monoisotopic (exact) mass is 447 g/mol. The Morgan fingerprint density at radius 2 is 1.61 bits per heavy atom. The van der Waals surface area contributed by atoms with Crippen molar-refractivity contribution in [3.63, 3.8) is 0 Å². The standard InChI is InChI=1S/C20H25N5O5S/c1-30-17-6-8-18(9-7-17)31(28,29)25-12-10-24(11-13-25)14-19(26)22-16-4-2-15(3-5-16)20(27)23-21/h2-9H,10-14,21H2,1H3,(H,22,26)(H,23,27). The molecule has 2 aromatic rings. The summed E-state index contributed by atoms with van der Waals surface area (Å²) in [6.45, 7) is 1.62. The van der Waals surface area contributed by atoms with Gasteiger partial charge in [0.25, 0.3) is 5.91 Å². The summed E-state index contributed by atoms with van der Waals surface area (Å²) in [6.07, 6.45) is 0. The van der Waals surface area contributed by atoms with Crippen LogP contribution >= 0.6 is 0 Å². The molecule has 31 heavy (non-hydrogen) atoms. The molecule has 1 heterocycles. The van der Waals surface area contributed by atoms with Gasteiger partial charge < -0.3 is 10.1 Å². The van der Waals surface area contributed by atoms with Crippen LogP contribution < -0.4 is 21.3 Å². The number of nitrogens with two attached hydrogens (primary N) is 1. The van der Waals surface area contributed by atoms with Gasteiger partial charge in [0, 0.05) is 37.4 Å². The van der Waals surface area contributed by atoms with Gasteiger partial charge in [-0.15, -0.1) is 0 Å². The van der Waals surface area contributed by atoms with Gasteiger partial charge in [-0.3, -0.25) is 19.9 Å². The summed E-state index contributed by atoms with van der Waals surface area (Å²) in [5.74, 6) is 5.04. The number of hydrazine groups is 1. The van der Waals surface area contributed by atoms with Crippen molar-refractivity contribution in [1.82, 2.24) is 14.6 Å². The van der Waals surface area contributed by atoms with Crippen LogP contribution in [0.2, 0.25) is 0 Å². The van der Waals surface area contributed by atoms with Gasteiger partial charge in [-0.25, -0.2) is 14.3 Å². The Hall–Kier alpha value is -2.99. The van der Waals surface area contributed by atoms with E-state index in [1.54, 1.807) is 36.4 Å². The number of piperazine rings is 1. The third-order valence-corrected chi connectivity index (χ3v) is 6.87. The number of hydrogen-bond acceptors (Lipinski definition) is 7. The van der Waals surface area contributed by atoms with Crippen LogP contribution in [-0.2, 0) is 14.8 Å². The molecule has 2 aromatic carbocycles. The Balaban J connectivity index is 1.51. The fourth-order valence-electron chi connectivity index (χ4n) is 3.22. The zero-order chi connectivity index (χ0) is 22.4. The van der Waals surface area contributed by atoms with Gasteiger partial charge in [0.15, 0.2) is 0 Å². The average molecular weight is 448 g/mol. The molecule has 1 fully saturated rings. The van der Waals surface area contributed by atoms with Crippen LogP contribution in [0.1, 0.15) is 10.4 Å². The molecule has 0 aromatic heterocycles. The van der Waals surface area contributed by atoms with Crippen molar-refractivity contribution >= 4 is 27.5 Å². The van der Waals surface area contributed by atoms with Crippen molar-refractivity contribution in [2.24, 2.45) is 5.84 Å². The maximum absolute atomic E-state index is 12.8. The quantitative estimate of drug-likeness (QED) is 0.315. The number of amides is 2. The second kappa shape index (κ2) is 9.88. The normalized spacial score (nSPS) is 15.3. The van der Waals surface area contributed by atoms with Crippen LogP contribution in [0.15, 0.2) is 53.4 Å². The predicted molar refractivity (Wildman–Crippen MR) is 115 cm³/mol. The third kappa shape index (κ3) is 5.58. The van der Waals surface area contributed by atoms with Crippen molar-refractivity contribution in [3.8, 4) is 5.75 Å². The lowest BCUT2D eigenvalue weighted by Gasteiger charge is -2.33. The molecule has 10 nitrogen and oxygen atoms in total. The molecule has 166 valence electrons. The second-order valence-corrected chi connectivity index (χ2v) is 8.89. The summed E-state index contributed by atoms with van der Waals surface area (Å²) in [5, 5.41) is 2.76. The van der Waals surface area contributed by atoms with E-state index in [-0.39, 0.29) is 17.3 Å². The van der Waals surface area contributed by atoms with E-state index in [1.165, 1.54) is 23.5 Å². The molecule has 1 aliphatic rings. The SMILES string of the molecule is COc1ccc(S(=O)(=O)N2CCN(CC(=O)Nc3ccc(C(=O)NN)cc3)CC2)cc1. The first-order chi connectivity index (χ1) is 14.8. The molecule has 0 aliphatic carbocycles. The molecule has 0 saturated carbocycles. The number of ether oxygens (including phenoxy) is 1. The van der Waals surface area contributed by atoms with E-state index in [4.69, 9.17) is 10.6 Å². The Bertz CT molecular complexity index is 1020. The van der Waals surface area contributed by atoms with E-state index in [0.717, 1.165) is 0 Å². The average Bonchev–Trinajstić information content (AvgIpc) is 2.79. The van der Waals surface area contributed by atoms with Gasteiger partial charge in [0.1, 0.15) is 5.75 Å². The fourth-order valence-corrected chi connectivity index (χ4v) is 4.64. The Kier molecular flexibility index (Phi) is 7.23. The van der Waals surface area contributed by atoms with Gasteiger partial charge in [-0.1, -0.05) is 0 Å². The first kappa shape index (κ1) is 22.7. The number of hydrogen-bond donors (Lipinski definition) is 3. The molecule has 4 N–H and O–H groups in total. The zero-order valence-electron chi connectivity index (χ0n) is 17.1. The molecule has 3 rings (SSSR count). The zero-order valence-corrected chi connectivity index (χ0v) is 17.9. The minimum absolute atomic E-state index is 0.140. The van der Waals surface area contributed by atoms with Crippen LogP contribution in [-0.4, -0.2) is 69.3 Å². The highest BCUT2D eigenvalue weighted by molar-refractivity contribution is 7.89. The Labute approximate surface area is 181 Å². The predicted octanol–water partition coefficient (Wildman–Crippen LogP) is 0.244. The number of sulfonamides is 1. The van der Waals surface area contributed by atoms with Crippen molar-refractivity contribution in [3.05, 3.63) is 54.1 Å². The minimum atomic E-state index is -3.59. The van der Waals surface area contributed by atoms with Crippen molar-refractivity contribution in [2.75, 3.05) is 45.2 Å². The van der Waals surface area contributed by atoms with Crippen molar-refractivity contribution in [1.29, 1.82) is 0 Å². The second-order valence-electron chi connectivity index (χ2n) is 6.95. The summed E-state index contributed by atoms with van der Waals surface area (Å²) in [7, 11) is -2.07. The number of rotatable bonds is 7. The number of carbonyl (C=O) groups excluding carboxylic acids is 2. The highest BCUT2D eigenvalue weighted by Gasteiger charge is 2.29. The van der Waals surface area contributed by atoms with Crippen LogP contribution in [0, 0.1) is 0 Å². The van der Waals surface area contributed by atoms with E-state index >= 15 is 0 Å². The number of anilines is 1. The smallest absolute Gasteiger partial charge is 0.265 e. The lowest BCUT2D eigenvalue weighted by molar-refractivity contribution is -0.117. The molecule has 0 atom stereocenters. The van der Waals surface area contributed by atoms with E-state index in [2.05, 4.69) is 5.32 Å². The number of methoxy groups -OCH3 is 1. The minimum Gasteiger partial charge on any atom is -0.497 e. The molecule has 0 unspecified atom stereocenters. The lowest BCUT2D eigenvalue weighted by atomic mass is 10.2. The van der Waals surface area contributed by atoms with Gasteiger partial charge in [0.2, 0.25) is 15.9 Å². The lowest BCUT2D eigenvalue weighted by Crippen LogP contribution is -2.50. The molecular formula is C20H25N5O5S. The van der Waals surface area contributed by atoms with Gasteiger partial charge >= 0.3 is 0 Å². The molecule has 0 bridgehead atoms. The molecule has 1 aliphatic heterocycles. The molecule has 1 saturated heterocycles. The summed E-state index contributed by atoms with van der Waals surface area (Å²) < 4.78 is 32.1. The summed E-state index contributed by atoms with van der Waals surface area (Å²) in [6, 6.07) is 12.6. The van der Waals surface area contributed by atoms with Crippen LogP contribution in [0.4, 0.5) is 5.69 Å². The maximum atomic E-state index is 12.8. The third-order valence-electron chi connectivity index (χ3n) is 4.96. The molecule has 11 heteroatoms. The van der Waals surface area contributed by atoms with Crippen LogP contribution in [0.3, 0.4) is 0 Å². The fraction of sp³-hybridized carbons (Fsp3) is 0.300. The summed E-state index contributed by atoms with van der Waals surface area (Å²) >= 11 is 0. The summed E-state index contributed by atoms with van der Waals surface area (Å²) in [4.78, 5) is 25.9. The van der Waals surface area contributed by atoms with Crippen molar-refractivity contribution in [2.45, 2.75) is 4.90 Å². The van der Waals surface area contributed by atoms with Crippen molar-refractivity contribution < 1.29 is 22.7 Å². The van der Waals surface area contributed by atoms with E-state index in [9.17, 15) is 18.0 Å². The molecular weight excluding hydrogens is 422 g/mol. The van der Waals surface area contributed by atoms with Gasteiger partial charge in [0.05, 0.1) is 18.6 Å². The van der Waals surface area contributed by atoms with Gasteiger partial charge in [-0.05, 0) is 48.5 Å². The number of benzene rings is 2. The number of nitrogens with one attached hydrogen (secondary N) is 2. The summed E-state index contributed by atoms with van der Waals surface area (Å²) in [5.41, 5.74) is 2.98. The van der Waals surface area contributed by atoms with Gasteiger partial charge in [-0.2, -0.15) is 4.31 Å². The van der Waals surface area contributed by atoms with Crippen LogP contribution in [0.25, 0.3) is 0 Å². The first-order valence-corrected chi connectivity index (χ1v) is 11.0. The largest absolute Gasteiger partial charge is 0.497 e. The highest BCUT2D eigenvalue weighted by Crippen LogP contribution is 2.20. The van der Waals surface area contributed by atoms with E-state index < -0.39 is 15.9 Å². The topological polar surface area (TPSA) is 134 Å². The van der Waals surface area contributed by atoms with E-state index in [0.29, 0.717) is 43.2 Å². The molecule has 2 amide bonds. The molecule has 0 radical (unpaired) electrons. The maximum Gasteiger partial charge on any atom is 0.265 e. The Morgan fingerprint density at radius 3 is 2.16 bits per heavy atom. The van der Waals surface area contributed by atoms with E-state index in [1.807, 2.05) is 10.3 Å². The molecule has 0 spiro atoms. The first-order valence-electron chi connectivity index (χ1n) is 9.61.